The van der Waals surface area contributed by atoms with Crippen LogP contribution >= 0.6 is 0 Å². The van der Waals surface area contributed by atoms with Gasteiger partial charge < -0.3 is 15.4 Å². The highest BCUT2D eigenvalue weighted by atomic mass is 19.1. The summed E-state index contributed by atoms with van der Waals surface area (Å²) in [5, 5.41) is 5.43. The van der Waals surface area contributed by atoms with Gasteiger partial charge in [0.25, 0.3) is 0 Å². The lowest BCUT2D eigenvalue weighted by molar-refractivity contribution is -0.131. The Morgan fingerprint density at radius 1 is 1.00 bits per heavy atom. The van der Waals surface area contributed by atoms with Gasteiger partial charge in [0, 0.05) is 17.4 Å². The molecule has 0 unspecified atom stereocenters. The first-order valence-electron chi connectivity index (χ1n) is 7.56. The zero-order valence-corrected chi connectivity index (χ0v) is 13.1. The van der Waals surface area contributed by atoms with E-state index >= 15 is 0 Å². The number of hydrogen-bond donors (Lipinski definition) is 2. The number of ether oxygens (including phenoxy) is 1. The predicted molar refractivity (Wildman–Crippen MR) is 88.3 cm³/mol. The van der Waals surface area contributed by atoms with E-state index in [1.54, 1.807) is 31.4 Å². The zero-order valence-electron chi connectivity index (χ0n) is 13.1. The fourth-order valence-corrected chi connectivity index (χ4v) is 2.42. The van der Waals surface area contributed by atoms with Gasteiger partial charge in [-0.1, -0.05) is 6.07 Å². The van der Waals surface area contributed by atoms with Crippen LogP contribution in [-0.2, 0) is 9.59 Å². The molecule has 6 heteroatoms. The molecule has 0 radical (unpaired) electrons. The lowest BCUT2D eigenvalue weighted by Crippen LogP contribution is -2.35. The average Bonchev–Trinajstić information content (AvgIpc) is 3.39. The molecule has 1 saturated carbocycles. The third-order valence-electron chi connectivity index (χ3n) is 4.05. The number of nitrogens with one attached hydrogen (secondary N) is 2. The van der Waals surface area contributed by atoms with E-state index in [1.165, 1.54) is 24.3 Å². The van der Waals surface area contributed by atoms with Crippen LogP contribution in [0.4, 0.5) is 15.8 Å². The molecule has 2 amide bonds. The molecule has 2 aromatic carbocycles. The molecular formula is C18H17FN2O3. The maximum absolute atomic E-state index is 12.9. The van der Waals surface area contributed by atoms with Crippen LogP contribution < -0.4 is 15.4 Å². The molecule has 0 spiro atoms. The second-order valence-electron chi connectivity index (χ2n) is 5.73. The Morgan fingerprint density at radius 3 is 2.21 bits per heavy atom. The quantitative estimate of drug-likeness (QED) is 0.828. The van der Waals surface area contributed by atoms with E-state index in [2.05, 4.69) is 10.6 Å². The van der Waals surface area contributed by atoms with Crippen molar-refractivity contribution in [1.29, 1.82) is 0 Å². The summed E-state index contributed by atoms with van der Waals surface area (Å²) in [4.78, 5) is 25.0. The van der Waals surface area contributed by atoms with Gasteiger partial charge in [0.15, 0.2) is 0 Å². The van der Waals surface area contributed by atoms with Crippen molar-refractivity contribution in [1.82, 2.24) is 0 Å². The molecule has 1 fully saturated rings. The Kier molecular flexibility index (Phi) is 4.20. The topological polar surface area (TPSA) is 67.4 Å². The van der Waals surface area contributed by atoms with Gasteiger partial charge >= 0.3 is 0 Å². The molecule has 0 aliphatic heterocycles. The Bertz CT molecular complexity index is 770. The summed E-state index contributed by atoms with van der Waals surface area (Å²) in [5.41, 5.74) is -0.0423. The average molecular weight is 328 g/mol. The normalized spacial score (nSPS) is 14.6. The first-order chi connectivity index (χ1) is 11.5. The van der Waals surface area contributed by atoms with Crippen LogP contribution in [0.25, 0.3) is 0 Å². The van der Waals surface area contributed by atoms with Crippen LogP contribution in [0.5, 0.6) is 5.75 Å². The minimum atomic E-state index is -1.07. The Hall–Kier alpha value is -2.89. The van der Waals surface area contributed by atoms with Crippen molar-refractivity contribution >= 4 is 23.2 Å². The van der Waals surface area contributed by atoms with E-state index in [-0.39, 0.29) is 17.6 Å². The second-order valence-corrected chi connectivity index (χ2v) is 5.73. The monoisotopic (exact) mass is 328 g/mol. The molecule has 5 nitrogen and oxygen atoms in total. The molecule has 0 bridgehead atoms. The van der Waals surface area contributed by atoms with Crippen molar-refractivity contribution < 1.29 is 18.7 Å². The van der Waals surface area contributed by atoms with E-state index in [9.17, 15) is 14.0 Å². The fourth-order valence-electron chi connectivity index (χ4n) is 2.42. The first-order valence-corrected chi connectivity index (χ1v) is 7.56. The second kappa shape index (κ2) is 6.31. The molecule has 0 atom stereocenters. The van der Waals surface area contributed by atoms with Gasteiger partial charge in [-0.05, 0) is 49.2 Å². The van der Waals surface area contributed by atoms with Crippen molar-refractivity contribution in [3.05, 3.63) is 54.3 Å². The van der Waals surface area contributed by atoms with Gasteiger partial charge in [-0.3, -0.25) is 9.59 Å². The number of rotatable bonds is 5. The first kappa shape index (κ1) is 16.0. The number of carbonyl (C=O) groups excluding carboxylic acids is 2. The summed E-state index contributed by atoms with van der Waals surface area (Å²) in [6, 6.07) is 12.4. The summed E-state index contributed by atoms with van der Waals surface area (Å²) in [6.45, 7) is 0. The summed E-state index contributed by atoms with van der Waals surface area (Å²) in [5.74, 6) is -0.497. The molecule has 124 valence electrons. The minimum absolute atomic E-state index is 0.352. The van der Waals surface area contributed by atoms with Crippen molar-refractivity contribution in [3.8, 4) is 5.75 Å². The Morgan fingerprint density at radius 2 is 1.62 bits per heavy atom. The molecular weight excluding hydrogens is 311 g/mol. The Labute approximate surface area is 138 Å². The molecule has 1 aliphatic rings. The lowest BCUT2D eigenvalue weighted by Gasteiger charge is -2.16. The Balaban J connectivity index is 1.69. The van der Waals surface area contributed by atoms with Crippen LogP contribution in [-0.4, -0.2) is 18.9 Å². The van der Waals surface area contributed by atoms with E-state index in [4.69, 9.17) is 4.74 Å². The van der Waals surface area contributed by atoms with E-state index in [0.717, 1.165) is 0 Å². The van der Waals surface area contributed by atoms with Gasteiger partial charge in [-0.2, -0.15) is 0 Å². The smallest absolute Gasteiger partial charge is 0.240 e. The van der Waals surface area contributed by atoms with E-state index in [0.29, 0.717) is 30.0 Å². The molecule has 24 heavy (non-hydrogen) atoms. The van der Waals surface area contributed by atoms with Gasteiger partial charge in [-0.15, -0.1) is 0 Å². The lowest BCUT2D eigenvalue weighted by atomic mass is 10.0. The van der Waals surface area contributed by atoms with Crippen molar-refractivity contribution in [2.75, 3.05) is 17.7 Å². The standard InChI is InChI=1S/C18H17FN2O3/c1-24-15-4-2-3-14(11-15)21-17(23)18(9-10-18)16(22)20-13-7-5-12(19)6-8-13/h2-8,11H,9-10H2,1H3,(H,20,22)(H,21,23). The summed E-state index contributed by atoms with van der Waals surface area (Å²) < 4.78 is 18.0. The van der Waals surface area contributed by atoms with Crippen molar-refractivity contribution in [2.45, 2.75) is 12.8 Å². The highest BCUT2D eigenvalue weighted by molar-refractivity contribution is 6.16. The van der Waals surface area contributed by atoms with Crippen LogP contribution in [0.15, 0.2) is 48.5 Å². The van der Waals surface area contributed by atoms with Crippen LogP contribution in [0.1, 0.15) is 12.8 Å². The summed E-state index contributed by atoms with van der Waals surface area (Å²) >= 11 is 0. The minimum Gasteiger partial charge on any atom is -0.497 e. The maximum atomic E-state index is 12.9. The van der Waals surface area contributed by atoms with Gasteiger partial charge in [0.1, 0.15) is 17.0 Å². The van der Waals surface area contributed by atoms with Crippen molar-refractivity contribution in [2.24, 2.45) is 5.41 Å². The van der Waals surface area contributed by atoms with E-state index < -0.39 is 5.41 Å². The highest BCUT2D eigenvalue weighted by Gasteiger charge is 2.56. The number of halogens is 1. The summed E-state index contributed by atoms with van der Waals surface area (Å²) in [6.07, 6.45) is 0.964. The highest BCUT2D eigenvalue weighted by Crippen LogP contribution is 2.47. The molecule has 0 saturated heterocycles. The van der Waals surface area contributed by atoms with Crippen LogP contribution in [0.3, 0.4) is 0 Å². The number of anilines is 2. The van der Waals surface area contributed by atoms with Gasteiger partial charge in [-0.25, -0.2) is 4.39 Å². The van der Waals surface area contributed by atoms with Crippen LogP contribution in [0, 0.1) is 11.2 Å². The number of methoxy groups -OCH3 is 1. The molecule has 0 aromatic heterocycles. The number of amides is 2. The zero-order chi connectivity index (χ0) is 17.2. The van der Waals surface area contributed by atoms with E-state index in [1.807, 2.05) is 0 Å². The fraction of sp³-hybridized carbons (Fsp3) is 0.222. The molecule has 3 rings (SSSR count). The largest absolute Gasteiger partial charge is 0.497 e. The third kappa shape index (κ3) is 3.22. The predicted octanol–water partition coefficient (Wildman–Crippen LogP) is 3.19. The molecule has 2 aromatic rings. The van der Waals surface area contributed by atoms with Gasteiger partial charge in [0.2, 0.25) is 11.8 Å². The maximum Gasteiger partial charge on any atom is 0.240 e. The van der Waals surface area contributed by atoms with Gasteiger partial charge in [0.05, 0.1) is 7.11 Å². The van der Waals surface area contributed by atoms with Crippen LogP contribution in [0.2, 0.25) is 0 Å². The van der Waals surface area contributed by atoms with Crippen molar-refractivity contribution in [3.63, 3.8) is 0 Å². The third-order valence-corrected chi connectivity index (χ3v) is 4.05. The SMILES string of the molecule is COc1cccc(NC(=O)C2(C(=O)Nc3ccc(F)cc3)CC2)c1. The molecule has 2 N–H and O–H groups in total. The summed E-state index contributed by atoms with van der Waals surface area (Å²) in [7, 11) is 1.54. The molecule has 0 heterocycles. The molecule has 1 aliphatic carbocycles. The number of benzene rings is 2. The number of hydrogen-bond acceptors (Lipinski definition) is 3. The number of carbonyl (C=O) groups is 2.